The maximum absolute atomic E-state index is 12.9. The molecule has 1 saturated carbocycles. The van der Waals surface area contributed by atoms with E-state index >= 15 is 0 Å². The molecule has 0 aliphatic heterocycles. The molecule has 0 atom stereocenters. The van der Waals surface area contributed by atoms with Gasteiger partial charge in [0, 0.05) is 23.9 Å². The van der Waals surface area contributed by atoms with Gasteiger partial charge in [0.15, 0.2) is 5.58 Å². The van der Waals surface area contributed by atoms with Gasteiger partial charge in [-0.2, -0.15) is 0 Å². The molecule has 9 heteroatoms. The number of nitrogens with one attached hydrogen (secondary N) is 2. The van der Waals surface area contributed by atoms with E-state index in [9.17, 15) is 13.2 Å². The number of sulfonamides is 1. The average Bonchev–Trinajstić information content (AvgIpc) is 3.55. The van der Waals surface area contributed by atoms with Crippen molar-refractivity contribution in [2.75, 3.05) is 0 Å². The summed E-state index contributed by atoms with van der Waals surface area (Å²) >= 11 is 1.44. The molecule has 5 rings (SSSR count). The van der Waals surface area contributed by atoms with Gasteiger partial charge in [0.05, 0.1) is 4.90 Å². The molecule has 3 aromatic carbocycles. The SMILES string of the molecule is O=C(NCc1ccc(S(=O)(=O)NC2CC2)cc1)c1ccccc1CSc1nc2ccccc2o1. The lowest BCUT2D eigenvalue weighted by atomic mass is 10.1. The highest BCUT2D eigenvalue weighted by molar-refractivity contribution is 7.98. The molecule has 1 fully saturated rings. The van der Waals surface area contributed by atoms with Gasteiger partial charge in [0.2, 0.25) is 10.0 Å². The van der Waals surface area contributed by atoms with E-state index < -0.39 is 10.0 Å². The molecule has 1 aliphatic rings. The molecule has 0 bridgehead atoms. The van der Waals surface area contributed by atoms with Crippen molar-refractivity contribution in [3.8, 4) is 0 Å². The summed E-state index contributed by atoms with van der Waals surface area (Å²) in [5.74, 6) is 0.345. The Morgan fingerprint density at radius 1 is 1.00 bits per heavy atom. The zero-order valence-electron chi connectivity index (χ0n) is 18.2. The van der Waals surface area contributed by atoms with Crippen molar-refractivity contribution < 1.29 is 17.6 Å². The number of nitrogens with zero attached hydrogens (tertiary/aromatic N) is 1. The Hall–Kier alpha value is -3.14. The summed E-state index contributed by atoms with van der Waals surface area (Å²) in [6, 6.07) is 21.6. The molecule has 174 valence electrons. The molecule has 1 aliphatic carbocycles. The monoisotopic (exact) mass is 493 g/mol. The molecular formula is C25H23N3O4S2. The molecule has 1 amide bonds. The van der Waals surface area contributed by atoms with Gasteiger partial charge in [-0.25, -0.2) is 18.1 Å². The van der Waals surface area contributed by atoms with Crippen LogP contribution in [-0.2, 0) is 22.3 Å². The van der Waals surface area contributed by atoms with Gasteiger partial charge in [-0.1, -0.05) is 54.2 Å². The van der Waals surface area contributed by atoms with E-state index in [0.717, 1.165) is 35.1 Å². The van der Waals surface area contributed by atoms with Crippen LogP contribution in [0.3, 0.4) is 0 Å². The fourth-order valence-electron chi connectivity index (χ4n) is 3.47. The molecule has 0 unspecified atom stereocenters. The first-order valence-electron chi connectivity index (χ1n) is 10.9. The average molecular weight is 494 g/mol. The van der Waals surface area contributed by atoms with Crippen molar-refractivity contribution in [1.29, 1.82) is 0 Å². The fraction of sp³-hybridized carbons (Fsp3) is 0.200. The van der Waals surface area contributed by atoms with Crippen LogP contribution in [-0.4, -0.2) is 25.4 Å². The number of hydrogen-bond donors (Lipinski definition) is 2. The number of carbonyl (C=O) groups excluding carboxylic acids is 1. The Balaban J connectivity index is 1.21. The van der Waals surface area contributed by atoms with Gasteiger partial charge >= 0.3 is 0 Å². The van der Waals surface area contributed by atoms with Crippen LogP contribution in [0.5, 0.6) is 0 Å². The number of carbonyl (C=O) groups is 1. The molecule has 7 nitrogen and oxygen atoms in total. The third-order valence-corrected chi connectivity index (χ3v) is 7.89. The summed E-state index contributed by atoms with van der Waals surface area (Å²) in [5.41, 5.74) is 3.81. The normalized spacial score (nSPS) is 13.8. The van der Waals surface area contributed by atoms with Crippen LogP contribution in [0.4, 0.5) is 0 Å². The zero-order valence-corrected chi connectivity index (χ0v) is 19.9. The largest absolute Gasteiger partial charge is 0.431 e. The van der Waals surface area contributed by atoms with Gasteiger partial charge in [-0.05, 0) is 54.3 Å². The predicted octanol–water partition coefficient (Wildman–Crippen LogP) is 4.49. The van der Waals surface area contributed by atoms with E-state index in [0.29, 0.717) is 23.1 Å². The summed E-state index contributed by atoms with van der Waals surface area (Å²) in [5, 5.41) is 3.48. The van der Waals surface area contributed by atoms with Crippen LogP contribution in [0.25, 0.3) is 11.1 Å². The quantitative estimate of drug-likeness (QED) is 0.333. The number of fused-ring (bicyclic) bond motifs is 1. The summed E-state index contributed by atoms with van der Waals surface area (Å²) < 4.78 is 33.0. The van der Waals surface area contributed by atoms with Crippen molar-refractivity contribution in [3.05, 3.63) is 89.5 Å². The zero-order chi connectivity index (χ0) is 23.5. The lowest BCUT2D eigenvalue weighted by Gasteiger charge is -2.10. The van der Waals surface area contributed by atoms with Gasteiger partial charge in [-0.3, -0.25) is 4.79 Å². The van der Waals surface area contributed by atoms with Crippen LogP contribution in [0.2, 0.25) is 0 Å². The minimum absolute atomic E-state index is 0.0600. The molecule has 34 heavy (non-hydrogen) atoms. The highest BCUT2D eigenvalue weighted by Crippen LogP contribution is 2.27. The van der Waals surface area contributed by atoms with E-state index in [2.05, 4.69) is 15.0 Å². The molecule has 4 aromatic rings. The smallest absolute Gasteiger partial charge is 0.257 e. The molecule has 2 N–H and O–H groups in total. The van der Waals surface area contributed by atoms with Crippen LogP contribution in [0, 0.1) is 0 Å². The van der Waals surface area contributed by atoms with Gasteiger partial charge in [0.1, 0.15) is 5.52 Å². The number of thioether (sulfide) groups is 1. The molecule has 0 spiro atoms. The van der Waals surface area contributed by atoms with E-state index in [-0.39, 0.29) is 16.8 Å². The Bertz CT molecular complexity index is 1400. The third-order valence-electron chi connectivity index (χ3n) is 5.47. The lowest BCUT2D eigenvalue weighted by Crippen LogP contribution is -2.26. The van der Waals surface area contributed by atoms with Crippen molar-refractivity contribution in [2.45, 2.75) is 41.3 Å². The van der Waals surface area contributed by atoms with E-state index in [4.69, 9.17) is 4.42 Å². The maximum atomic E-state index is 12.9. The topological polar surface area (TPSA) is 101 Å². The second-order valence-corrected chi connectivity index (χ2v) is 10.8. The lowest BCUT2D eigenvalue weighted by molar-refractivity contribution is 0.0950. The van der Waals surface area contributed by atoms with Gasteiger partial charge in [0.25, 0.3) is 11.1 Å². The van der Waals surface area contributed by atoms with Crippen molar-refractivity contribution in [1.82, 2.24) is 15.0 Å². The molecule has 0 saturated heterocycles. The summed E-state index contributed by atoms with van der Waals surface area (Å²) in [7, 11) is -3.48. The minimum Gasteiger partial charge on any atom is -0.431 e. The number of aromatic nitrogens is 1. The van der Waals surface area contributed by atoms with Gasteiger partial charge < -0.3 is 9.73 Å². The summed E-state index contributed by atoms with van der Waals surface area (Å²) in [4.78, 5) is 17.6. The number of para-hydroxylation sites is 2. The Labute approximate surface area is 202 Å². The summed E-state index contributed by atoms with van der Waals surface area (Å²) in [6.07, 6.45) is 1.77. The molecule has 0 radical (unpaired) electrons. The van der Waals surface area contributed by atoms with Crippen LogP contribution in [0.1, 0.15) is 34.3 Å². The van der Waals surface area contributed by atoms with E-state index in [1.807, 2.05) is 42.5 Å². The van der Waals surface area contributed by atoms with Crippen LogP contribution >= 0.6 is 11.8 Å². The molecule has 1 aromatic heterocycles. The second kappa shape index (κ2) is 9.61. The predicted molar refractivity (Wildman–Crippen MR) is 131 cm³/mol. The highest BCUT2D eigenvalue weighted by Gasteiger charge is 2.27. The number of oxazole rings is 1. The summed E-state index contributed by atoms with van der Waals surface area (Å²) in [6.45, 7) is 0.293. The first kappa shape index (κ1) is 22.6. The van der Waals surface area contributed by atoms with Crippen LogP contribution < -0.4 is 10.0 Å². The van der Waals surface area contributed by atoms with Crippen molar-refractivity contribution in [3.63, 3.8) is 0 Å². The van der Waals surface area contributed by atoms with E-state index in [1.165, 1.54) is 11.8 Å². The first-order chi connectivity index (χ1) is 16.5. The number of hydrogen-bond acceptors (Lipinski definition) is 6. The van der Waals surface area contributed by atoms with E-state index in [1.54, 1.807) is 30.3 Å². The fourth-order valence-corrected chi connectivity index (χ4v) is 5.62. The van der Waals surface area contributed by atoms with Crippen LogP contribution in [0.15, 0.2) is 87.3 Å². The Morgan fingerprint density at radius 3 is 2.50 bits per heavy atom. The van der Waals surface area contributed by atoms with Gasteiger partial charge in [-0.15, -0.1) is 0 Å². The second-order valence-electron chi connectivity index (χ2n) is 8.12. The Morgan fingerprint density at radius 2 is 1.74 bits per heavy atom. The van der Waals surface area contributed by atoms with Crippen molar-refractivity contribution in [2.24, 2.45) is 0 Å². The maximum Gasteiger partial charge on any atom is 0.257 e. The minimum atomic E-state index is -3.48. The number of benzene rings is 3. The Kier molecular flexibility index (Phi) is 6.40. The highest BCUT2D eigenvalue weighted by atomic mass is 32.2. The molecular weight excluding hydrogens is 470 g/mol. The molecule has 1 heterocycles. The van der Waals surface area contributed by atoms with Crippen molar-refractivity contribution >= 4 is 38.8 Å². The number of rotatable bonds is 9. The first-order valence-corrected chi connectivity index (χ1v) is 13.4. The third kappa shape index (κ3) is 5.32. The standard InChI is InChI=1S/C25H23N3O4S2/c29-24(26-15-17-9-13-20(14-10-17)34(30,31)28-19-11-12-19)21-6-2-1-5-18(21)16-33-25-27-22-7-3-4-8-23(22)32-25/h1-10,13-14,19,28H,11-12,15-16H2,(H,26,29). The number of amides is 1.